The van der Waals surface area contributed by atoms with Gasteiger partial charge in [-0.05, 0) is 29.8 Å². The van der Waals surface area contributed by atoms with E-state index in [4.69, 9.17) is 29.6 Å². The van der Waals surface area contributed by atoms with Crippen LogP contribution in [0.25, 0.3) is 0 Å². The third kappa shape index (κ3) is 3.43. The maximum Gasteiger partial charge on any atom is 0.141 e. The number of benzene rings is 2. The molecule has 0 unspecified atom stereocenters. The Balaban J connectivity index is 2.14. The molecule has 0 spiro atoms. The molecule has 2 rings (SSSR count). The van der Waals surface area contributed by atoms with Gasteiger partial charge in [-0.25, -0.2) is 4.39 Å². The van der Waals surface area contributed by atoms with Gasteiger partial charge < -0.3 is 11.1 Å². The fourth-order valence-electron chi connectivity index (χ4n) is 1.70. The molecule has 0 aliphatic carbocycles. The van der Waals surface area contributed by atoms with Crippen LogP contribution in [0.5, 0.6) is 0 Å². The van der Waals surface area contributed by atoms with E-state index in [2.05, 4.69) is 5.32 Å². The molecule has 19 heavy (non-hydrogen) atoms. The molecule has 0 amide bonds. The number of rotatable bonds is 4. The second-order valence-electron chi connectivity index (χ2n) is 4.01. The highest BCUT2D eigenvalue weighted by Gasteiger charge is 2.05. The Hall–Kier alpha value is -1.65. The smallest absolute Gasteiger partial charge is 0.141 e. The zero-order valence-electron chi connectivity index (χ0n) is 9.99. The zero-order valence-corrected chi connectivity index (χ0v) is 11.6. The summed E-state index contributed by atoms with van der Waals surface area (Å²) in [4.78, 5) is 0.334. The number of para-hydroxylation sites is 1. The van der Waals surface area contributed by atoms with E-state index in [9.17, 15) is 4.39 Å². The molecule has 0 aromatic heterocycles. The lowest BCUT2D eigenvalue weighted by Gasteiger charge is -2.11. The first-order valence-electron chi connectivity index (χ1n) is 5.64. The van der Waals surface area contributed by atoms with Gasteiger partial charge in [0.2, 0.25) is 0 Å². The largest absolute Gasteiger partial charge is 0.389 e. The van der Waals surface area contributed by atoms with E-state index in [0.29, 0.717) is 11.5 Å². The second kappa shape index (κ2) is 5.99. The molecule has 0 bridgehead atoms. The third-order valence-corrected chi connectivity index (χ3v) is 3.17. The molecule has 0 saturated carbocycles. The summed E-state index contributed by atoms with van der Waals surface area (Å²) >= 11 is 10.7. The maximum absolute atomic E-state index is 13.0. The van der Waals surface area contributed by atoms with Crippen LogP contribution in [-0.2, 0) is 6.54 Å². The SMILES string of the molecule is NC(=S)c1ccccc1NCc1ccc(F)c(Cl)c1. The lowest BCUT2D eigenvalue weighted by molar-refractivity contribution is 0.627. The van der Waals surface area contributed by atoms with Gasteiger partial charge in [-0.15, -0.1) is 0 Å². The molecule has 98 valence electrons. The van der Waals surface area contributed by atoms with E-state index in [1.165, 1.54) is 6.07 Å². The molecule has 2 aromatic rings. The maximum atomic E-state index is 13.0. The molecule has 0 heterocycles. The second-order valence-corrected chi connectivity index (χ2v) is 4.86. The summed E-state index contributed by atoms with van der Waals surface area (Å²) in [5, 5.41) is 3.32. The summed E-state index contributed by atoms with van der Waals surface area (Å²) in [7, 11) is 0. The molecule has 0 aliphatic heterocycles. The lowest BCUT2D eigenvalue weighted by atomic mass is 10.1. The first-order valence-corrected chi connectivity index (χ1v) is 6.43. The van der Waals surface area contributed by atoms with Crippen molar-refractivity contribution in [2.75, 3.05) is 5.32 Å². The van der Waals surface area contributed by atoms with Crippen molar-refractivity contribution in [2.24, 2.45) is 5.73 Å². The van der Waals surface area contributed by atoms with Crippen LogP contribution in [0.3, 0.4) is 0 Å². The fraction of sp³-hybridized carbons (Fsp3) is 0.0714. The van der Waals surface area contributed by atoms with Gasteiger partial charge in [-0.3, -0.25) is 0 Å². The molecule has 0 radical (unpaired) electrons. The van der Waals surface area contributed by atoms with Crippen molar-refractivity contribution in [3.63, 3.8) is 0 Å². The highest BCUT2D eigenvalue weighted by Crippen LogP contribution is 2.19. The average molecular weight is 295 g/mol. The van der Waals surface area contributed by atoms with Crippen molar-refractivity contribution in [1.29, 1.82) is 0 Å². The van der Waals surface area contributed by atoms with Crippen LogP contribution in [0.1, 0.15) is 11.1 Å². The molecule has 2 nitrogen and oxygen atoms in total. The van der Waals surface area contributed by atoms with E-state index in [-0.39, 0.29) is 5.02 Å². The van der Waals surface area contributed by atoms with Gasteiger partial charge in [0.15, 0.2) is 0 Å². The Morgan fingerprint density at radius 1 is 1.26 bits per heavy atom. The summed E-state index contributed by atoms with van der Waals surface area (Å²) < 4.78 is 13.0. The Labute approximate surface area is 121 Å². The zero-order chi connectivity index (χ0) is 13.8. The molecule has 0 atom stereocenters. The molecule has 0 saturated heterocycles. The summed E-state index contributed by atoms with van der Waals surface area (Å²) in [5.41, 5.74) is 8.15. The van der Waals surface area contributed by atoms with Crippen molar-refractivity contribution >= 4 is 34.5 Å². The highest BCUT2D eigenvalue weighted by molar-refractivity contribution is 7.80. The minimum Gasteiger partial charge on any atom is -0.389 e. The number of hydrogen-bond donors (Lipinski definition) is 2. The van der Waals surface area contributed by atoms with E-state index >= 15 is 0 Å². The average Bonchev–Trinajstić information content (AvgIpc) is 2.40. The van der Waals surface area contributed by atoms with Crippen molar-refractivity contribution in [3.05, 3.63) is 64.4 Å². The minimum absolute atomic E-state index is 0.113. The Kier molecular flexibility index (Phi) is 4.35. The van der Waals surface area contributed by atoms with E-state index < -0.39 is 5.82 Å². The standard InChI is InChI=1S/C14H12ClFN2S/c15-11-7-9(5-6-12(11)16)8-18-13-4-2-1-3-10(13)14(17)19/h1-7,18H,8H2,(H2,17,19). The van der Waals surface area contributed by atoms with Gasteiger partial charge in [-0.2, -0.15) is 0 Å². The summed E-state index contributed by atoms with van der Waals surface area (Å²) in [5.74, 6) is -0.422. The van der Waals surface area contributed by atoms with Gasteiger partial charge in [0.25, 0.3) is 0 Å². The van der Waals surface area contributed by atoms with E-state index in [1.54, 1.807) is 12.1 Å². The van der Waals surface area contributed by atoms with Crippen LogP contribution >= 0.6 is 23.8 Å². The number of thiocarbonyl (C=S) groups is 1. The first-order chi connectivity index (χ1) is 9.08. The van der Waals surface area contributed by atoms with E-state index in [0.717, 1.165) is 16.8 Å². The Morgan fingerprint density at radius 2 is 2.00 bits per heavy atom. The molecule has 0 fully saturated rings. The van der Waals surface area contributed by atoms with Crippen LogP contribution in [0.4, 0.5) is 10.1 Å². The highest BCUT2D eigenvalue weighted by atomic mass is 35.5. The number of nitrogens with one attached hydrogen (secondary N) is 1. The van der Waals surface area contributed by atoms with Gasteiger partial charge in [0.1, 0.15) is 10.8 Å². The lowest BCUT2D eigenvalue weighted by Crippen LogP contribution is -2.13. The summed E-state index contributed by atoms with van der Waals surface area (Å²) in [6, 6.07) is 12.1. The van der Waals surface area contributed by atoms with Crippen molar-refractivity contribution in [1.82, 2.24) is 0 Å². The van der Waals surface area contributed by atoms with Crippen LogP contribution in [-0.4, -0.2) is 4.99 Å². The topological polar surface area (TPSA) is 38.0 Å². The minimum atomic E-state index is -0.422. The number of hydrogen-bond acceptors (Lipinski definition) is 2. The molecule has 2 aromatic carbocycles. The van der Waals surface area contributed by atoms with Gasteiger partial charge in [0, 0.05) is 17.8 Å². The quantitative estimate of drug-likeness (QED) is 0.844. The number of anilines is 1. The first kappa shape index (κ1) is 13.8. The van der Waals surface area contributed by atoms with E-state index in [1.807, 2.05) is 24.3 Å². The number of halogens is 2. The molecule has 3 N–H and O–H groups in total. The predicted molar refractivity (Wildman–Crippen MR) is 81.1 cm³/mol. The Bertz CT molecular complexity index is 616. The third-order valence-electron chi connectivity index (χ3n) is 2.66. The molecule has 0 aliphatic rings. The normalized spacial score (nSPS) is 10.2. The predicted octanol–water partition coefficient (Wildman–Crippen LogP) is 3.73. The van der Waals surface area contributed by atoms with Gasteiger partial charge >= 0.3 is 0 Å². The van der Waals surface area contributed by atoms with Gasteiger partial charge in [0.05, 0.1) is 5.02 Å². The van der Waals surface area contributed by atoms with Crippen LogP contribution in [0, 0.1) is 5.82 Å². The summed E-state index contributed by atoms with van der Waals surface area (Å²) in [6.07, 6.45) is 0. The molecule has 5 heteroatoms. The fourth-order valence-corrected chi connectivity index (χ4v) is 2.08. The van der Waals surface area contributed by atoms with Crippen LogP contribution in [0.2, 0.25) is 5.02 Å². The van der Waals surface area contributed by atoms with Crippen molar-refractivity contribution in [2.45, 2.75) is 6.54 Å². The van der Waals surface area contributed by atoms with Crippen molar-refractivity contribution < 1.29 is 4.39 Å². The molecular formula is C14H12ClFN2S. The van der Waals surface area contributed by atoms with Crippen LogP contribution in [0.15, 0.2) is 42.5 Å². The van der Waals surface area contributed by atoms with Gasteiger partial charge in [-0.1, -0.05) is 42.0 Å². The molecular weight excluding hydrogens is 283 g/mol. The Morgan fingerprint density at radius 3 is 2.68 bits per heavy atom. The number of nitrogens with two attached hydrogens (primary N) is 1. The van der Waals surface area contributed by atoms with Crippen LogP contribution < -0.4 is 11.1 Å². The summed E-state index contributed by atoms with van der Waals surface area (Å²) in [6.45, 7) is 0.514. The van der Waals surface area contributed by atoms with Crippen molar-refractivity contribution in [3.8, 4) is 0 Å². The monoisotopic (exact) mass is 294 g/mol.